The number of nitrogens with one attached hydrogen (secondary N) is 1. The lowest BCUT2D eigenvalue weighted by Crippen LogP contribution is -2.49. The van der Waals surface area contributed by atoms with Gasteiger partial charge in [0.15, 0.2) is 0 Å². The van der Waals surface area contributed by atoms with Gasteiger partial charge in [-0.05, 0) is 77.7 Å². The molecule has 2 aliphatic heterocycles. The van der Waals surface area contributed by atoms with Crippen LogP contribution in [0, 0.1) is 10.5 Å². The summed E-state index contributed by atoms with van der Waals surface area (Å²) in [5.41, 5.74) is 3.96. The Morgan fingerprint density at radius 2 is 1.55 bits per heavy atom. The van der Waals surface area contributed by atoms with E-state index in [2.05, 4.69) is 67.1 Å². The van der Waals surface area contributed by atoms with Gasteiger partial charge in [0.25, 0.3) is 5.56 Å². The maximum Gasteiger partial charge on any atom is 0.296 e. The molecule has 0 radical (unpaired) electrons. The Morgan fingerprint density at radius 1 is 0.886 bits per heavy atom. The first-order chi connectivity index (χ1) is 21.3. The van der Waals surface area contributed by atoms with Crippen LogP contribution in [-0.4, -0.2) is 72.7 Å². The molecule has 0 bridgehead atoms. The number of likely N-dealkylation sites (tertiary alicyclic amines) is 1. The van der Waals surface area contributed by atoms with Crippen LogP contribution in [0.3, 0.4) is 0 Å². The second kappa shape index (κ2) is 13.4. The van der Waals surface area contributed by atoms with Crippen LogP contribution in [0.25, 0.3) is 5.69 Å². The van der Waals surface area contributed by atoms with Gasteiger partial charge in [0.1, 0.15) is 5.69 Å². The maximum absolute atomic E-state index is 14.0. The van der Waals surface area contributed by atoms with Crippen LogP contribution in [0.15, 0.2) is 94.7 Å². The van der Waals surface area contributed by atoms with Crippen molar-refractivity contribution in [3.8, 4) is 5.69 Å². The quantitative estimate of drug-likeness (QED) is 0.263. The molecular weight excluding hydrogens is 687 g/mol. The van der Waals surface area contributed by atoms with Crippen LogP contribution < -0.4 is 15.8 Å². The normalized spacial score (nSPS) is 17.1. The van der Waals surface area contributed by atoms with Gasteiger partial charge < -0.3 is 10.2 Å². The van der Waals surface area contributed by atoms with Gasteiger partial charge in [0.05, 0.1) is 22.5 Å². The summed E-state index contributed by atoms with van der Waals surface area (Å²) in [5.74, 6) is 0. The molecule has 6 rings (SSSR count). The summed E-state index contributed by atoms with van der Waals surface area (Å²) in [7, 11) is -3.64. The molecule has 230 valence electrons. The highest BCUT2D eigenvalue weighted by atomic mass is 127. The number of piperidine rings is 1. The molecule has 44 heavy (non-hydrogen) atoms. The Kier molecular flexibility index (Phi) is 9.36. The number of rotatable bonds is 8. The molecular formula is C33H37IN6O3S. The lowest BCUT2D eigenvalue weighted by atomic mass is 10.0. The van der Waals surface area contributed by atoms with Crippen LogP contribution in [0.2, 0.25) is 0 Å². The molecule has 4 aromatic rings. The van der Waals surface area contributed by atoms with Crippen molar-refractivity contribution in [2.75, 3.05) is 49.5 Å². The van der Waals surface area contributed by atoms with Gasteiger partial charge in [0, 0.05) is 55.4 Å². The molecule has 0 atom stereocenters. The van der Waals surface area contributed by atoms with Crippen LogP contribution in [0.4, 0.5) is 11.4 Å². The van der Waals surface area contributed by atoms with Crippen molar-refractivity contribution in [3.05, 3.63) is 110 Å². The Hall–Kier alpha value is -3.26. The number of hydrogen-bond acceptors (Lipinski definition) is 7. The number of halogens is 1. The lowest BCUT2D eigenvalue weighted by molar-refractivity contribution is 0.211. The molecule has 0 amide bonds. The molecule has 0 spiro atoms. The summed E-state index contributed by atoms with van der Waals surface area (Å²) in [6, 6.07) is 25.6. The molecule has 3 aromatic carbocycles. The van der Waals surface area contributed by atoms with E-state index in [1.54, 1.807) is 16.6 Å². The monoisotopic (exact) mass is 724 g/mol. The molecule has 3 heterocycles. The first kappa shape index (κ1) is 30.8. The SMILES string of the molecule is Cc1ccc(I)c(S(=O)(=O)N2CCN(c3cnn(-c4ccccc4)c(=O)c3NC3CCN(Cc4ccccc4)CC3)CC2)c1. The highest BCUT2D eigenvalue weighted by Crippen LogP contribution is 2.29. The van der Waals surface area contributed by atoms with Crippen molar-refractivity contribution >= 4 is 44.0 Å². The molecule has 2 saturated heterocycles. The number of sulfonamides is 1. The standard InChI is InChI=1S/C33H37IN6O3S/c1-25-12-13-29(34)31(22-25)44(42,43)39-20-18-38(19-21-39)30-23-35-40(28-10-6-3-7-11-28)33(41)32(30)36-27-14-16-37(17-15-27)24-26-8-4-2-5-9-26/h2-13,22-23,27,36H,14-21,24H2,1H3. The van der Waals surface area contributed by atoms with Crippen molar-refractivity contribution in [1.82, 2.24) is 19.0 Å². The zero-order valence-corrected chi connectivity index (χ0v) is 27.7. The fraction of sp³-hybridized carbons (Fsp3) is 0.333. The molecule has 1 N–H and O–H groups in total. The fourth-order valence-corrected chi connectivity index (χ4v) is 8.71. The van der Waals surface area contributed by atoms with Crippen LogP contribution in [0.5, 0.6) is 0 Å². The highest BCUT2D eigenvalue weighted by Gasteiger charge is 2.32. The van der Waals surface area contributed by atoms with Crippen LogP contribution >= 0.6 is 22.6 Å². The van der Waals surface area contributed by atoms with E-state index in [4.69, 9.17) is 0 Å². The summed E-state index contributed by atoms with van der Waals surface area (Å²) < 4.78 is 30.8. The number of anilines is 2. The molecule has 0 aliphatic carbocycles. The highest BCUT2D eigenvalue weighted by molar-refractivity contribution is 14.1. The smallest absolute Gasteiger partial charge is 0.296 e. The molecule has 11 heteroatoms. The van der Waals surface area contributed by atoms with E-state index in [1.807, 2.05) is 55.5 Å². The van der Waals surface area contributed by atoms with Crippen molar-refractivity contribution in [2.45, 2.75) is 37.2 Å². The summed E-state index contributed by atoms with van der Waals surface area (Å²) in [6.45, 7) is 6.27. The number of aryl methyl sites for hydroxylation is 1. The Balaban J connectivity index is 1.21. The van der Waals surface area contributed by atoms with E-state index in [9.17, 15) is 13.2 Å². The minimum Gasteiger partial charge on any atom is -0.376 e. The molecule has 0 unspecified atom stereocenters. The fourth-order valence-electron chi connectivity index (χ4n) is 5.97. The van der Waals surface area contributed by atoms with Crippen molar-refractivity contribution in [1.29, 1.82) is 0 Å². The maximum atomic E-state index is 14.0. The number of benzene rings is 3. The minimum absolute atomic E-state index is 0.144. The average Bonchev–Trinajstić information content (AvgIpc) is 3.05. The topological polar surface area (TPSA) is 90.8 Å². The second-order valence-corrected chi connectivity index (χ2v) is 14.5. The van der Waals surface area contributed by atoms with Gasteiger partial charge in [-0.25, -0.2) is 8.42 Å². The Morgan fingerprint density at radius 3 is 2.23 bits per heavy atom. The van der Waals surface area contributed by atoms with Gasteiger partial charge in [-0.3, -0.25) is 9.69 Å². The predicted molar refractivity (Wildman–Crippen MR) is 183 cm³/mol. The third-order valence-electron chi connectivity index (χ3n) is 8.43. The molecule has 2 fully saturated rings. The van der Waals surface area contributed by atoms with Crippen molar-refractivity contribution < 1.29 is 8.42 Å². The minimum atomic E-state index is -3.64. The summed E-state index contributed by atoms with van der Waals surface area (Å²) in [6.07, 6.45) is 3.58. The van der Waals surface area contributed by atoms with Gasteiger partial charge in [-0.2, -0.15) is 14.1 Å². The Labute approximate surface area is 272 Å². The number of para-hydroxylation sites is 1. The van der Waals surface area contributed by atoms with Gasteiger partial charge in [-0.15, -0.1) is 0 Å². The summed E-state index contributed by atoms with van der Waals surface area (Å²) in [5, 5.41) is 8.17. The number of aromatic nitrogens is 2. The largest absolute Gasteiger partial charge is 0.376 e. The predicted octanol–water partition coefficient (Wildman–Crippen LogP) is 4.73. The third kappa shape index (κ3) is 6.70. The average molecular weight is 725 g/mol. The van der Waals surface area contributed by atoms with Gasteiger partial charge >= 0.3 is 0 Å². The summed E-state index contributed by atoms with van der Waals surface area (Å²) >= 11 is 2.09. The molecule has 0 saturated carbocycles. The molecule has 1 aromatic heterocycles. The molecule has 2 aliphatic rings. The van der Waals surface area contributed by atoms with E-state index in [1.165, 1.54) is 10.2 Å². The molecule has 9 nitrogen and oxygen atoms in total. The third-order valence-corrected chi connectivity index (χ3v) is 11.7. The van der Waals surface area contributed by atoms with E-state index in [0.29, 0.717) is 46.0 Å². The number of nitrogens with zero attached hydrogens (tertiary/aromatic N) is 5. The Bertz CT molecular complexity index is 1750. The van der Waals surface area contributed by atoms with E-state index < -0.39 is 10.0 Å². The second-order valence-electron chi connectivity index (χ2n) is 11.5. The van der Waals surface area contributed by atoms with Crippen molar-refractivity contribution in [3.63, 3.8) is 0 Å². The van der Waals surface area contributed by atoms with Gasteiger partial charge in [0.2, 0.25) is 10.0 Å². The summed E-state index contributed by atoms with van der Waals surface area (Å²) in [4.78, 5) is 18.9. The first-order valence-corrected chi connectivity index (χ1v) is 17.5. The van der Waals surface area contributed by atoms with E-state index >= 15 is 0 Å². The zero-order chi connectivity index (χ0) is 30.7. The van der Waals surface area contributed by atoms with Crippen LogP contribution in [-0.2, 0) is 16.6 Å². The lowest BCUT2D eigenvalue weighted by Gasteiger charge is -2.37. The first-order valence-electron chi connectivity index (χ1n) is 15.0. The zero-order valence-electron chi connectivity index (χ0n) is 24.8. The van der Waals surface area contributed by atoms with Gasteiger partial charge in [-0.1, -0.05) is 54.6 Å². The van der Waals surface area contributed by atoms with E-state index in [0.717, 1.165) is 43.7 Å². The number of hydrogen-bond donors (Lipinski definition) is 1. The van der Waals surface area contributed by atoms with Crippen LogP contribution in [0.1, 0.15) is 24.0 Å². The number of piperazine rings is 1. The van der Waals surface area contributed by atoms with E-state index in [-0.39, 0.29) is 11.6 Å². The van der Waals surface area contributed by atoms with Crippen molar-refractivity contribution in [2.24, 2.45) is 0 Å².